The van der Waals surface area contributed by atoms with E-state index in [0.29, 0.717) is 6.54 Å². The Labute approximate surface area is 148 Å². The molecule has 4 heteroatoms. The minimum atomic E-state index is 0.702. The lowest BCUT2D eigenvalue weighted by Crippen LogP contribution is -2.23. The van der Waals surface area contributed by atoms with Crippen molar-refractivity contribution in [1.82, 2.24) is 9.91 Å². The largest absolute Gasteiger partial charge is 0.306 e. The highest BCUT2D eigenvalue weighted by Crippen LogP contribution is 2.23. The first-order valence-electron chi connectivity index (χ1n) is 9.05. The number of nitrogens with zero attached hydrogens (tertiary/aromatic N) is 4. The van der Waals surface area contributed by atoms with E-state index in [0.717, 1.165) is 44.8 Å². The van der Waals surface area contributed by atoms with E-state index in [-0.39, 0.29) is 0 Å². The van der Waals surface area contributed by atoms with Gasteiger partial charge in [-0.05, 0) is 38.3 Å². The van der Waals surface area contributed by atoms with Crippen LogP contribution in [0.3, 0.4) is 0 Å². The van der Waals surface area contributed by atoms with Crippen molar-refractivity contribution in [2.45, 2.75) is 40.0 Å². The molecule has 134 valence electrons. The van der Waals surface area contributed by atoms with E-state index in [4.69, 9.17) is 0 Å². The van der Waals surface area contributed by atoms with E-state index in [1.807, 2.05) is 11.1 Å². The van der Waals surface area contributed by atoms with Crippen molar-refractivity contribution in [3.63, 3.8) is 0 Å². The molecule has 1 heterocycles. The molecule has 0 saturated carbocycles. The number of rotatable bonds is 11. The van der Waals surface area contributed by atoms with Gasteiger partial charge in [-0.1, -0.05) is 49.5 Å². The molecule has 0 radical (unpaired) electrons. The summed E-state index contributed by atoms with van der Waals surface area (Å²) in [7, 11) is 2.19. The zero-order chi connectivity index (χ0) is 17.8. The van der Waals surface area contributed by atoms with Gasteiger partial charge in [0.05, 0.1) is 6.54 Å². The van der Waals surface area contributed by atoms with Crippen LogP contribution < -0.4 is 0 Å². The molecule has 0 atom stereocenters. The summed E-state index contributed by atoms with van der Waals surface area (Å²) in [6, 6.07) is 0. The Morgan fingerprint density at radius 1 is 1.25 bits per heavy atom. The predicted octanol–water partition coefficient (Wildman–Crippen LogP) is 5.00. The molecule has 0 fully saturated rings. The van der Waals surface area contributed by atoms with Crippen LogP contribution in [-0.4, -0.2) is 43.1 Å². The fraction of sp³-hybridized carbons (Fsp3) is 0.600. The molecule has 1 rings (SSSR count). The van der Waals surface area contributed by atoms with Gasteiger partial charge in [0.15, 0.2) is 0 Å². The molecule has 0 aliphatic carbocycles. The summed E-state index contributed by atoms with van der Waals surface area (Å²) < 4.78 is 0. The maximum atomic E-state index is 4.22. The molecule has 0 aromatic heterocycles. The SMILES string of the molecule is C=CCC1=C(C/C=C\C=C/CCN(C)CC(C)C)CN=NN1CC. The van der Waals surface area contributed by atoms with Crippen molar-refractivity contribution in [2.24, 2.45) is 16.3 Å². The van der Waals surface area contributed by atoms with Gasteiger partial charge in [0.2, 0.25) is 0 Å². The molecule has 0 N–H and O–H groups in total. The van der Waals surface area contributed by atoms with Crippen LogP contribution in [0.5, 0.6) is 0 Å². The Hall–Kier alpha value is -1.68. The Morgan fingerprint density at radius 3 is 2.67 bits per heavy atom. The van der Waals surface area contributed by atoms with Crippen molar-refractivity contribution in [2.75, 3.05) is 33.2 Å². The average Bonchev–Trinajstić information content (AvgIpc) is 2.54. The molecule has 0 bridgehead atoms. The average molecular weight is 331 g/mol. The Morgan fingerprint density at radius 2 is 2.00 bits per heavy atom. The lowest BCUT2D eigenvalue weighted by molar-refractivity contribution is 0.301. The van der Waals surface area contributed by atoms with Crippen LogP contribution in [0.2, 0.25) is 0 Å². The van der Waals surface area contributed by atoms with E-state index in [1.165, 1.54) is 11.3 Å². The third kappa shape index (κ3) is 7.73. The maximum absolute atomic E-state index is 4.22. The van der Waals surface area contributed by atoms with E-state index in [9.17, 15) is 0 Å². The predicted molar refractivity (Wildman–Crippen MR) is 104 cm³/mol. The van der Waals surface area contributed by atoms with Gasteiger partial charge in [-0.3, -0.25) is 5.01 Å². The summed E-state index contributed by atoms with van der Waals surface area (Å²) in [4.78, 5) is 2.39. The second kappa shape index (κ2) is 11.8. The summed E-state index contributed by atoms with van der Waals surface area (Å²) in [6.45, 7) is 14.3. The van der Waals surface area contributed by atoms with Gasteiger partial charge in [0, 0.05) is 31.8 Å². The molecule has 4 nitrogen and oxygen atoms in total. The highest BCUT2D eigenvalue weighted by atomic mass is 15.5. The molecule has 0 saturated heterocycles. The number of hydrogen-bond acceptors (Lipinski definition) is 4. The number of allylic oxidation sites excluding steroid dienone is 4. The third-order valence-corrected chi connectivity index (χ3v) is 3.89. The Balaban J connectivity index is 2.42. The Bertz CT molecular complexity index is 486. The van der Waals surface area contributed by atoms with Crippen molar-refractivity contribution in [3.05, 3.63) is 48.2 Å². The summed E-state index contributed by atoms with van der Waals surface area (Å²) >= 11 is 0. The fourth-order valence-electron chi connectivity index (χ4n) is 2.82. The smallest absolute Gasteiger partial charge is 0.0854 e. The van der Waals surface area contributed by atoms with E-state index in [2.05, 4.69) is 73.9 Å². The van der Waals surface area contributed by atoms with Crippen LogP contribution in [0.15, 0.2) is 58.6 Å². The van der Waals surface area contributed by atoms with Crippen LogP contribution in [0.1, 0.15) is 40.0 Å². The van der Waals surface area contributed by atoms with E-state index in [1.54, 1.807) is 0 Å². The van der Waals surface area contributed by atoms with Crippen LogP contribution in [0, 0.1) is 5.92 Å². The van der Waals surface area contributed by atoms with Gasteiger partial charge >= 0.3 is 0 Å². The molecule has 1 aliphatic heterocycles. The van der Waals surface area contributed by atoms with Crippen LogP contribution >= 0.6 is 0 Å². The van der Waals surface area contributed by atoms with Gasteiger partial charge in [-0.25, -0.2) is 0 Å². The highest BCUT2D eigenvalue weighted by Gasteiger charge is 2.15. The summed E-state index contributed by atoms with van der Waals surface area (Å²) in [6.07, 6.45) is 13.6. The van der Waals surface area contributed by atoms with Gasteiger partial charge in [0.25, 0.3) is 0 Å². The van der Waals surface area contributed by atoms with Crippen molar-refractivity contribution in [1.29, 1.82) is 0 Å². The molecular formula is C20H34N4. The minimum Gasteiger partial charge on any atom is -0.306 e. The second-order valence-corrected chi connectivity index (χ2v) is 6.65. The first kappa shape index (κ1) is 20.4. The fourth-order valence-corrected chi connectivity index (χ4v) is 2.82. The Kier molecular flexibility index (Phi) is 10.0. The normalized spacial score (nSPS) is 15.7. The van der Waals surface area contributed by atoms with Crippen LogP contribution in [0.4, 0.5) is 0 Å². The first-order valence-corrected chi connectivity index (χ1v) is 9.05. The molecule has 0 aromatic carbocycles. The van der Waals surface area contributed by atoms with Crippen molar-refractivity contribution >= 4 is 0 Å². The van der Waals surface area contributed by atoms with E-state index < -0.39 is 0 Å². The topological polar surface area (TPSA) is 31.2 Å². The lowest BCUT2D eigenvalue weighted by atomic mass is 10.1. The highest BCUT2D eigenvalue weighted by molar-refractivity contribution is 5.22. The first-order chi connectivity index (χ1) is 11.6. The quantitative estimate of drug-likeness (QED) is 0.394. The zero-order valence-electron chi connectivity index (χ0n) is 15.9. The second-order valence-electron chi connectivity index (χ2n) is 6.65. The molecule has 24 heavy (non-hydrogen) atoms. The lowest BCUT2D eigenvalue weighted by Gasteiger charge is -2.25. The molecule has 0 unspecified atom stereocenters. The minimum absolute atomic E-state index is 0.702. The van der Waals surface area contributed by atoms with Crippen LogP contribution in [-0.2, 0) is 0 Å². The van der Waals surface area contributed by atoms with Gasteiger partial charge in [0.1, 0.15) is 0 Å². The van der Waals surface area contributed by atoms with Gasteiger partial charge in [-0.15, -0.1) is 6.58 Å². The van der Waals surface area contributed by atoms with Crippen molar-refractivity contribution in [3.8, 4) is 0 Å². The summed E-state index contributed by atoms with van der Waals surface area (Å²) in [5, 5.41) is 10.4. The number of hydrogen-bond donors (Lipinski definition) is 0. The molecule has 0 spiro atoms. The maximum Gasteiger partial charge on any atom is 0.0854 e. The monoisotopic (exact) mass is 330 g/mol. The molecule has 0 amide bonds. The van der Waals surface area contributed by atoms with Crippen LogP contribution in [0.25, 0.3) is 0 Å². The van der Waals surface area contributed by atoms with E-state index >= 15 is 0 Å². The van der Waals surface area contributed by atoms with Gasteiger partial charge < -0.3 is 4.90 Å². The summed E-state index contributed by atoms with van der Waals surface area (Å²) in [5.41, 5.74) is 2.60. The van der Waals surface area contributed by atoms with Crippen molar-refractivity contribution < 1.29 is 0 Å². The molecular weight excluding hydrogens is 296 g/mol. The zero-order valence-corrected chi connectivity index (χ0v) is 15.9. The molecule has 1 aliphatic rings. The van der Waals surface area contributed by atoms with Gasteiger partial charge in [-0.2, -0.15) is 5.11 Å². The summed E-state index contributed by atoms with van der Waals surface area (Å²) in [5.74, 6) is 0.729. The standard InChI is InChI=1S/C20H34N4/c1-6-13-20-19(16-21-22-24(20)7-2)14-11-9-8-10-12-15-23(5)17-18(3)4/h6,8-11,18H,1,7,12-17H2,2-5H3/b10-8-,11-9-. The molecule has 0 aromatic rings. The third-order valence-electron chi connectivity index (χ3n) is 3.89.